The van der Waals surface area contributed by atoms with Gasteiger partial charge in [-0.2, -0.15) is 0 Å². The lowest BCUT2D eigenvalue weighted by molar-refractivity contribution is 0.129. The van der Waals surface area contributed by atoms with Crippen molar-refractivity contribution in [2.24, 2.45) is 5.92 Å². The van der Waals surface area contributed by atoms with Gasteiger partial charge in [-0.1, -0.05) is 26.7 Å². The Bertz CT molecular complexity index is 149. The number of rotatable bonds is 6. The maximum absolute atomic E-state index is 9.66. The van der Waals surface area contributed by atoms with Crippen molar-refractivity contribution in [2.45, 2.75) is 64.5 Å². The number of hydrogen-bond donors (Lipinski definition) is 2. The molecule has 0 aromatic carbocycles. The van der Waals surface area contributed by atoms with E-state index in [2.05, 4.69) is 19.2 Å². The Kier molecular flexibility index (Phi) is 5.49. The van der Waals surface area contributed by atoms with Crippen LogP contribution in [0.15, 0.2) is 0 Å². The molecule has 1 aliphatic rings. The molecule has 2 heteroatoms. The summed E-state index contributed by atoms with van der Waals surface area (Å²) in [5.74, 6) is 0.515. The van der Waals surface area contributed by atoms with Crippen LogP contribution in [0, 0.1) is 5.92 Å². The van der Waals surface area contributed by atoms with Crippen LogP contribution >= 0.6 is 0 Å². The lowest BCUT2D eigenvalue weighted by atomic mass is 10.0. The highest BCUT2D eigenvalue weighted by Gasteiger charge is 2.25. The Balaban J connectivity index is 2.17. The van der Waals surface area contributed by atoms with Gasteiger partial charge in [0.05, 0.1) is 6.10 Å². The molecule has 3 atom stereocenters. The molecule has 0 heterocycles. The molecular formula is C12H25NO. The van der Waals surface area contributed by atoms with Gasteiger partial charge in [-0.3, -0.25) is 0 Å². The highest BCUT2D eigenvalue weighted by Crippen LogP contribution is 2.24. The maximum atomic E-state index is 9.66. The summed E-state index contributed by atoms with van der Waals surface area (Å²) in [4.78, 5) is 0. The van der Waals surface area contributed by atoms with Gasteiger partial charge in [0, 0.05) is 12.6 Å². The first-order valence-electron chi connectivity index (χ1n) is 6.19. The van der Waals surface area contributed by atoms with Gasteiger partial charge in [-0.25, -0.2) is 0 Å². The summed E-state index contributed by atoms with van der Waals surface area (Å²) in [6.45, 7) is 5.48. The third kappa shape index (κ3) is 3.58. The first-order valence-corrected chi connectivity index (χ1v) is 6.19. The largest absolute Gasteiger partial charge is 0.393 e. The highest BCUT2D eigenvalue weighted by atomic mass is 16.3. The van der Waals surface area contributed by atoms with Crippen LogP contribution in [0.25, 0.3) is 0 Å². The standard InChI is InChI=1S/C12H25NO/c1-3-6-11(4-2)13-9-10-7-5-8-12(10)14/h10-14H,3-9H2,1-2H3. The normalized spacial score (nSPS) is 29.4. The molecule has 0 saturated heterocycles. The molecule has 0 aliphatic heterocycles. The predicted octanol–water partition coefficient (Wildman–Crippen LogP) is 2.32. The molecular weight excluding hydrogens is 174 g/mol. The molecule has 1 fully saturated rings. The van der Waals surface area contributed by atoms with Crippen LogP contribution in [0.3, 0.4) is 0 Å². The van der Waals surface area contributed by atoms with E-state index in [1.807, 2.05) is 0 Å². The van der Waals surface area contributed by atoms with Crippen LogP contribution < -0.4 is 5.32 Å². The topological polar surface area (TPSA) is 32.3 Å². The summed E-state index contributed by atoms with van der Waals surface area (Å²) < 4.78 is 0. The van der Waals surface area contributed by atoms with Crippen molar-refractivity contribution in [3.05, 3.63) is 0 Å². The molecule has 1 saturated carbocycles. The Hall–Kier alpha value is -0.0800. The zero-order valence-corrected chi connectivity index (χ0v) is 9.63. The Labute approximate surface area is 88.1 Å². The minimum atomic E-state index is -0.0402. The fourth-order valence-corrected chi connectivity index (χ4v) is 2.37. The number of aliphatic hydroxyl groups is 1. The summed E-state index contributed by atoms with van der Waals surface area (Å²) in [7, 11) is 0. The molecule has 2 nitrogen and oxygen atoms in total. The van der Waals surface area contributed by atoms with Gasteiger partial charge in [0.25, 0.3) is 0 Å². The number of aliphatic hydroxyl groups excluding tert-OH is 1. The van der Waals surface area contributed by atoms with Crippen LogP contribution in [-0.4, -0.2) is 23.8 Å². The molecule has 14 heavy (non-hydrogen) atoms. The van der Waals surface area contributed by atoms with Gasteiger partial charge >= 0.3 is 0 Å². The van der Waals surface area contributed by atoms with Gasteiger partial charge in [-0.15, -0.1) is 0 Å². The van der Waals surface area contributed by atoms with E-state index in [0.29, 0.717) is 12.0 Å². The SMILES string of the molecule is CCCC(CC)NCC1CCCC1O. The van der Waals surface area contributed by atoms with Crippen LogP contribution in [0.4, 0.5) is 0 Å². The van der Waals surface area contributed by atoms with Crippen molar-refractivity contribution in [2.75, 3.05) is 6.54 Å². The van der Waals surface area contributed by atoms with Crippen molar-refractivity contribution in [1.29, 1.82) is 0 Å². The summed E-state index contributed by atoms with van der Waals surface area (Å²) >= 11 is 0. The average molecular weight is 199 g/mol. The van der Waals surface area contributed by atoms with Crippen LogP contribution in [0.1, 0.15) is 52.4 Å². The molecule has 0 amide bonds. The molecule has 0 radical (unpaired) electrons. The Morgan fingerprint density at radius 1 is 1.36 bits per heavy atom. The van der Waals surface area contributed by atoms with Gasteiger partial charge in [0.15, 0.2) is 0 Å². The van der Waals surface area contributed by atoms with Crippen molar-refractivity contribution in [1.82, 2.24) is 5.32 Å². The molecule has 1 aliphatic carbocycles. The number of nitrogens with one attached hydrogen (secondary N) is 1. The van der Waals surface area contributed by atoms with Crippen LogP contribution in [0.2, 0.25) is 0 Å². The van der Waals surface area contributed by atoms with E-state index in [-0.39, 0.29) is 6.10 Å². The summed E-state index contributed by atoms with van der Waals surface area (Å²) in [6.07, 6.45) is 7.10. The van der Waals surface area contributed by atoms with Gasteiger partial charge < -0.3 is 10.4 Å². The molecule has 0 bridgehead atoms. The van der Waals surface area contributed by atoms with E-state index in [0.717, 1.165) is 13.0 Å². The van der Waals surface area contributed by atoms with E-state index in [1.165, 1.54) is 32.1 Å². The quantitative estimate of drug-likeness (QED) is 0.688. The Morgan fingerprint density at radius 2 is 2.14 bits per heavy atom. The molecule has 0 aromatic rings. The first kappa shape index (κ1) is 12.0. The summed E-state index contributed by atoms with van der Waals surface area (Å²) in [5.41, 5.74) is 0. The predicted molar refractivity (Wildman–Crippen MR) is 60.3 cm³/mol. The fourth-order valence-electron chi connectivity index (χ4n) is 2.37. The van der Waals surface area contributed by atoms with Gasteiger partial charge in [0.1, 0.15) is 0 Å². The summed E-state index contributed by atoms with van der Waals surface area (Å²) in [6, 6.07) is 0.660. The smallest absolute Gasteiger partial charge is 0.0580 e. The average Bonchev–Trinajstić information content (AvgIpc) is 2.59. The molecule has 3 unspecified atom stereocenters. The van der Waals surface area contributed by atoms with E-state index in [9.17, 15) is 5.11 Å². The zero-order valence-electron chi connectivity index (χ0n) is 9.63. The zero-order chi connectivity index (χ0) is 10.4. The lowest BCUT2D eigenvalue weighted by Gasteiger charge is -2.20. The fraction of sp³-hybridized carbons (Fsp3) is 1.00. The van der Waals surface area contributed by atoms with Crippen LogP contribution in [-0.2, 0) is 0 Å². The molecule has 0 aromatic heterocycles. The first-order chi connectivity index (χ1) is 6.77. The second-order valence-corrected chi connectivity index (χ2v) is 4.56. The van der Waals surface area contributed by atoms with Gasteiger partial charge in [-0.05, 0) is 31.6 Å². The van der Waals surface area contributed by atoms with Crippen LogP contribution in [0.5, 0.6) is 0 Å². The lowest BCUT2D eigenvalue weighted by Crippen LogP contribution is -2.35. The summed E-state index contributed by atoms with van der Waals surface area (Å²) in [5, 5.41) is 13.2. The van der Waals surface area contributed by atoms with Crippen molar-refractivity contribution >= 4 is 0 Å². The Morgan fingerprint density at radius 3 is 2.64 bits per heavy atom. The van der Waals surface area contributed by atoms with Crippen molar-refractivity contribution in [3.63, 3.8) is 0 Å². The van der Waals surface area contributed by atoms with Crippen molar-refractivity contribution in [3.8, 4) is 0 Å². The van der Waals surface area contributed by atoms with E-state index in [1.54, 1.807) is 0 Å². The number of hydrogen-bond acceptors (Lipinski definition) is 2. The highest BCUT2D eigenvalue weighted by molar-refractivity contribution is 4.79. The minimum Gasteiger partial charge on any atom is -0.393 e. The van der Waals surface area contributed by atoms with E-state index in [4.69, 9.17) is 0 Å². The molecule has 2 N–H and O–H groups in total. The van der Waals surface area contributed by atoms with Crippen molar-refractivity contribution < 1.29 is 5.11 Å². The second-order valence-electron chi connectivity index (χ2n) is 4.56. The molecule has 1 rings (SSSR count). The molecule has 0 spiro atoms. The van der Waals surface area contributed by atoms with E-state index < -0.39 is 0 Å². The monoisotopic (exact) mass is 199 g/mol. The van der Waals surface area contributed by atoms with Gasteiger partial charge in [0.2, 0.25) is 0 Å². The minimum absolute atomic E-state index is 0.0402. The third-order valence-electron chi connectivity index (χ3n) is 3.42. The van der Waals surface area contributed by atoms with E-state index >= 15 is 0 Å². The maximum Gasteiger partial charge on any atom is 0.0580 e. The second kappa shape index (κ2) is 6.41. The third-order valence-corrected chi connectivity index (χ3v) is 3.42. The molecule has 84 valence electrons.